The van der Waals surface area contributed by atoms with E-state index in [2.05, 4.69) is 16.3 Å². The Kier molecular flexibility index (Phi) is 4.76. The molecule has 0 radical (unpaired) electrons. The highest BCUT2D eigenvalue weighted by Crippen LogP contribution is 2.32. The molecule has 1 aliphatic carbocycles. The summed E-state index contributed by atoms with van der Waals surface area (Å²) in [7, 11) is 1.69. The lowest BCUT2D eigenvalue weighted by atomic mass is 10.0. The molecule has 1 saturated carbocycles. The second-order valence-electron chi connectivity index (χ2n) is 6.72. The van der Waals surface area contributed by atoms with Crippen molar-refractivity contribution in [3.05, 3.63) is 24.3 Å². The van der Waals surface area contributed by atoms with Crippen LogP contribution in [0.1, 0.15) is 32.1 Å². The number of aliphatic hydroxyl groups is 1. The summed E-state index contributed by atoms with van der Waals surface area (Å²) in [5.74, 6) is 1.11. The van der Waals surface area contributed by atoms with Crippen molar-refractivity contribution in [3.63, 3.8) is 0 Å². The Hall–Kier alpha value is -1.75. The summed E-state index contributed by atoms with van der Waals surface area (Å²) >= 11 is 0. The monoisotopic (exact) mass is 318 g/mol. The number of hydrogen-bond donors (Lipinski definition) is 2. The lowest BCUT2D eigenvalue weighted by Crippen LogP contribution is -2.46. The van der Waals surface area contributed by atoms with Gasteiger partial charge in [0.2, 0.25) is 0 Å². The van der Waals surface area contributed by atoms with E-state index in [1.807, 2.05) is 18.2 Å². The minimum Gasteiger partial charge on any atom is -0.495 e. The molecular weight excluding hydrogens is 292 g/mol. The zero-order chi connectivity index (χ0) is 16.3. The first-order valence-electron chi connectivity index (χ1n) is 8.51. The van der Waals surface area contributed by atoms with Crippen LogP contribution in [-0.4, -0.2) is 43.4 Å². The summed E-state index contributed by atoms with van der Waals surface area (Å²) in [6, 6.07) is 8.03. The van der Waals surface area contributed by atoms with Crippen LogP contribution in [0.5, 0.6) is 5.75 Å². The Bertz CT molecular complexity index is 555. The number of rotatable bonds is 5. The van der Waals surface area contributed by atoms with Crippen LogP contribution in [0.3, 0.4) is 0 Å². The predicted octanol–water partition coefficient (Wildman–Crippen LogP) is 1.94. The molecule has 5 heteroatoms. The van der Waals surface area contributed by atoms with Crippen molar-refractivity contribution in [2.24, 2.45) is 5.92 Å². The summed E-state index contributed by atoms with van der Waals surface area (Å²) in [4.78, 5) is 14.5. The van der Waals surface area contributed by atoms with Gasteiger partial charge in [-0.05, 0) is 50.2 Å². The minimum atomic E-state index is -1.12. The highest BCUT2D eigenvalue weighted by atomic mass is 16.5. The number of carbonyl (C=O) groups excluding carboxylic acids is 1. The molecule has 0 aromatic heterocycles. The standard InChI is InChI=1S/C18H26N2O3/c1-23-16-7-3-2-6-15(16)20-11-8-14(13-20)12-19-17(21)18(22)9-4-5-10-18/h2-3,6-7,14,22H,4-5,8-13H2,1H3,(H,19,21). The number of amides is 1. The number of para-hydroxylation sites is 2. The first-order valence-corrected chi connectivity index (χ1v) is 8.51. The molecule has 2 N–H and O–H groups in total. The second-order valence-corrected chi connectivity index (χ2v) is 6.72. The zero-order valence-electron chi connectivity index (χ0n) is 13.8. The fourth-order valence-corrected chi connectivity index (χ4v) is 3.70. The largest absolute Gasteiger partial charge is 0.495 e. The number of hydrogen-bond acceptors (Lipinski definition) is 4. The molecule has 5 nitrogen and oxygen atoms in total. The lowest BCUT2D eigenvalue weighted by molar-refractivity contribution is -0.139. The molecule has 0 spiro atoms. The maximum absolute atomic E-state index is 12.2. The molecule has 1 aliphatic heterocycles. The molecule has 1 aromatic rings. The quantitative estimate of drug-likeness (QED) is 0.871. The van der Waals surface area contributed by atoms with Gasteiger partial charge in [0.25, 0.3) is 5.91 Å². The third kappa shape index (κ3) is 3.44. The number of carbonyl (C=O) groups is 1. The van der Waals surface area contributed by atoms with Crippen LogP contribution in [0.15, 0.2) is 24.3 Å². The van der Waals surface area contributed by atoms with Gasteiger partial charge in [0.05, 0.1) is 12.8 Å². The molecule has 126 valence electrons. The second kappa shape index (κ2) is 6.79. The molecule has 1 heterocycles. The maximum atomic E-state index is 12.2. The molecule has 1 amide bonds. The number of nitrogens with zero attached hydrogens (tertiary/aromatic N) is 1. The summed E-state index contributed by atoms with van der Waals surface area (Å²) < 4.78 is 5.43. The Morgan fingerprint density at radius 1 is 1.39 bits per heavy atom. The Balaban J connectivity index is 1.53. The van der Waals surface area contributed by atoms with E-state index < -0.39 is 5.60 Å². The van der Waals surface area contributed by atoms with Crippen molar-refractivity contribution in [2.75, 3.05) is 31.6 Å². The molecule has 23 heavy (non-hydrogen) atoms. The molecule has 2 fully saturated rings. The van der Waals surface area contributed by atoms with Gasteiger partial charge in [-0.1, -0.05) is 12.1 Å². The Labute approximate surface area is 137 Å². The summed E-state index contributed by atoms with van der Waals surface area (Å²) in [5.41, 5.74) is -0.0146. The van der Waals surface area contributed by atoms with Crippen molar-refractivity contribution in [1.29, 1.82) is 0 Å². The van der Waals surface area contributed by atoms with Gasteiger partial charge in [0, 0.05) is 19.6 Å². The van der Waals surface area contributed by atoms with Gasteiger partial charge in [0.1, 0.15) is 11.4 Å². The van der Waals surface area contributed by atoms with Crippen molar-refractivity contribution in [2.45, 2.75) is 37.7 Å². The van der Waals surface area contributed by atoms with E-state index in [0.717, 1.165) is 43.8 Å². The van der Waals surface area contributed by atoms with Crippen molar-refractivity contribution in [1.82, 2.24) is 5.32 Å². The van der Waals surface area contributed by atoms with Crippen molar-refractivity contribution >= 4 is 11.6 Å². The first kappa shape index (κ1) is 16.1. The third-order valence-electron chi connectivity index (χ3n) is 5.12. The Morgan fingerprint density at radius 3 is 2.87 bits per heavy atom. The summed E-state index contributed by atoms with van der Waals surface area (Å²) in [6.45, 7) is 2.50. The van der Waals surface area contributed by atoms with Crippen LogP contribution in [-0.2, 0) is 4.79 Å². The van der Waals surface area contributed by atoms with Crippen molar-refractivity contribution < 1.29 is 14.6 Å². The van der Waals surface area contributed by atoms with E-state index in [-0.39, 0.29) is 5.91 Å². The molecule has 0 bridgehead atoms. The summed E-state index contributed by atoms with van der Waals surface area (Å²) in [6.07, 6.45) is 4.11. The highest BCUT2D eigenvalue weighted by molar-refractivity contribution is 5.85. The predicted molar refractivity (Wildman–Crippen MR) is 89.7 cm³/mol. The number of benzene rings is 1. The third-order valence-corrected chi connectivity index (χ3v) is 5.12. The van der Waals surface area contributed by atoms with Crippen LogP contribution in [0.4, 0.5) is 5.69 Å². The van der Waals surface area contributed by atoms with E-state index in [0.29, 0.717) is 25.3 Å². The smallest absolute Gasteiger partial charge is 0.251 e. The van der Waals surface area contributed by atoms with Crippen LogP contribution < -0.4 is 15.0 Å². The Morgan fingerprint density at radius 2 is 2.13 bits per heavy atom. The van der Waals surface area contributed by atoms with E-state index in [1.165, 1.54) is 0 Å². The molecule has 1 atom stereocenters. The van der Waals surface area contributed by atoms with Gasteiger partial charge in [-0.15, -0.1) is 0 Å². The van der Waals surface area contributed by atoms with Gasteiger partial charge in [-0.3, -0.25) is 4.79 Å². The number of ether oxygens (including phenoxy) is 1. The van der Waals surface area contributed by atoms with Gasteiger partial charge in [-0.2, -0.15) is 0 Å². The SMILES string of the molecule is COc1ccccc1N1CCC(CNC(=O)C2(O)CCCC2)C1. The normalized spacial score (nSPS) is 23.0. The minimum absolute atomic E-state index is 0.189. The molecule has 3 rings (SSSR count). The van der Waals surface area contributed by atoms with Gasteiger partial charge >= 0.3 is 0 Å². The fraction of sp³-hybridized carbons (Fsp3) is 0.611. The topological polar surface area (TPSA) is 61.8 Å². The molecule has 1 saturated heterocycles. The first-order chi connectivity index (χ1) is 11.1. The lowest BCUT2D eigenvalue weighted by Gasteiger charge is -2.23. The fourth-order valence-electron chi connectivity index (χ4n) is 3.70. The van der Waals surface area contributed by atoms with E-state index in [9.17, 15) is 9.90 Å². The van der Waals surface area contributed by atoms with E-state index in [1.54, 1.807) is 7.11 Å². The summed E-state index contributed by atoms with van der Waals surface area (Å²) in [5, 5.41) is 13.3. The van der Waals surface area contributed by atoms with Crippen LogP contribution in [0, 0.1) is 5.92 Å². The van der Waals surface area contributed by atoms with Gasteiger partial charge < -0.3 is 20.1 Å². The molecular formula is C18H26N2O3. The highest BCUT2D eigenvalue weighted by Gasteiger charge is 2.39. The van der Waals surface area contributed by atoms with Crippen LogP contribution in [0.25, 0.3) is 0 Å². The number of anilines is 1. The average Bonchev–Trinajstić information content (AvgIpc) is 3.22. The average molecular weight is 318 g/mol. The number of methoxy groups -OCH3 is 1. The molecule has 1 unspecified atom stereocenters. The molecule has 1 aromatic carbocycles. The van der Waals surface area contributed by atoms with E-state index in [4.69, 9.17) is 4.74 Å². The van der Waals surface area contributed by atoms with Gasteiger partial charge in [-0.25, -0.2) is 0 Å². The molecule has 2 aliphatic rings. The van der Waals surface area contributed by atoms with Crippen LogP contribution >= 0.6 is 0 Å². The zero-order valence-corrected chi connectivity index (χ0v) is 13.8. The van der Waals surface area contributed by atoms with Crippen molar-refractivity contribution in [3.8, 4) is 5.75 Å². The van der Waals surface area contributed by atoms with E-state index >= 15 is 0 Å². The number of nitrogens with one attached hydrogen (secondary N) is 1. The maximum Gasteiger partial charge on any atom is 0.251 e. The van der Waals surface area contributed by atoms with Crippen LogP contribution in [0.2, 0.25) is 0 Å². The van der Waals surface area contributed by atoms with Gasteiger partial charge in [0.15, 0.2) is 0 Å².